The summed E-state index contributed by atoms with van der Waals surface area (Å²) in [5.41, 5.74) is 3.01. The van der Waals surface area contributed by atoms with E-state index < -0.39 is 12.6 Å². The molecule has 1 N–H and O–H groups in total. The summed E-state index contributed by atoms with van der Waals surface area (Å²) in [6.07, 6.45) is -3.16. The second-order valence-corrected chi connectivity index (χ2v) is 4.61. The zero-order chi connectivity index (χ0) is 12.6. The predicted octanol–water partition coefficient (Wildman–Crippen LogP) is 4.35. The van der Waals surface area contributed by atoms with E-state index in [9.17, 15) is 13.2 Å². The quantitative estimate of drug-likeness (QED) is 0.804. The van der Waals surface area contributed by atoms with E-state index in [2.05, 4.69) is 18.8 Å². The number of nitrogens with one attached hydrogen (secondary N) is 1. The Morgan fingerprint density at radius 2 is 1.88 bits per heavy atom. The van der Waals surface area contributed by atoms with E-state index >= 15 is 0 Å². The molecule has 0 bridgehead atoms. The van der Waals surface area contributed by atoms with Gasteiger partial charge in [-0.1, -0.05) is 13.8 Å². The number of halogens is 3. The zero-order valence-corrected chi connectivity index (χ0v) is 9.73. The second kappa shape index (κ2) is 4.09. The van der Waals surface area contributed by atoms with Crippen LogP contribution in [0.3, 0.4) is 0 Å². The first kappa shape index (κ1) is 12.0. The third-order valence-electron chi connectivity index (χ3n) is 2.77. The number of hydrogen-bond donors (Lipinski definition) is 1. The molecule has 1 aliphatic heterocycles. The molecule has 92 valence electrons. The van der Waals surface area contributed by atoms with Crippen LogP contribution in [-0.4, -0.2) is 11.2 Å². The van der Waals surface area contributed by atoms with Crippen LogP contribution in [0.5, 0.6) is 0 Å². The molecule has 0 aromatic carbocycles. The van der Waals surface area contributed by atoms with Gasteiger partial charge >= 0.3 is 6.18 Å². The summed E-state index contributed by atoms with van der Waals surface area (Å²) in [6, 6.07) is 5.11. The van der Waals surface area contributed by atoms with Crippen molar-refractivity contribution in [1.82, 2.24) is 4.98 Å². The average molecular weight is 241 g/mol. The molecule has 4 heteroatoms. The Hall–Kier alpha value is -1.45. The van der Waals surface area contributed by atoms with Gasteiger partial charge in [-0.2, -0.15) is 13.2 Å². The Morgan fingerprint density at radius 3 is 2.47 bits per heavy atom. The molecular weight excluding hydrogens is 227 g/mol. The van der Waals surface area contributed by atoms with Gasteiger partial charge in [0.25, 0.3) is 0 Å². The van der Waals surface area contributed by atoms with E-state index in [1.165, 1.54) is 0 Å². The number of hydrogen-bond acceptors (Lipinski definition) is 0. The topological polar surface area (TPSA) is 15.8 Å². The van der Waals surface area contributed by atoms with Crippen LogP contribution in [-0.2, 0) is 6.42 Å². The van der Waals surface area contributed by atoms with Crippen LogP contribution in [0.15, 0.2) is 24.4 Å². The minimum Gasteiger partial charge on any atom is -0.361 e. The third kappa shape index (κ3) is 2.81. The highest BCUT2D eigenvalue weighted by molar-refractivity contribution is 5.65. The summed E-state index contributed by atoms with van der Waals surface area (Å²) < 4.78 is 36.8. The monoisotopic (exact) mass is 241 g/mol. The summed E-state index contributed by atoms with van der Waals surface area (Å²) in [4.78, 5) is 3.04. The molecule has 2 aliphatic rings. The number of H-pyrrole nitrogens is 1. The smallest absolute Gasteiger partial charge is 0.361 e. The largest absolute Gasteiger partial charge is 0.393 e. The molecule has 0 fully saturated rings. The van der Waals surface area contributed by atoms with Gasteiger partial charge < -0.3 is 4.98 Å². The van der Waals surface area contributed by atoms with Crippen molar-refractivity contribution < 1.29 is 13.2 Å². The van der Waals surface area contributed by atoms with Gasteiger partial charge in [-0.25, -0.2) is 0 Å². The number of rotatable bonds is 2. The molecule has 0 atom stereocenters. The van der Waals surface area contributed by atoms with E-state index in [1.54, 1.807) is 12.1 Å². The Kier molecular flexibility index (Phi) is 2.89. The first-order valence-corrected chi connectivity index (χ1v) is 5.53. The molecule has 0 unspecified atom stereocenters. The summed E-state index contributed by atoms with van der Waals surface area (Å²) in [5, 5.41) is 0. The molecular formula is C13H14F3N. The number of aromatic amines is 1. The van der Waals surface area contributed by atoms with Gasteiger partial charge in [-0.15, -0.1) is 0 Å². The van der Waals surface area contributed by atoms with Gasteiger partial charge in [0, 0.05) is 11.9 Å². The highest BCUT2D eigenvalue weighted by atomic mass is 19.4. The molecule has 1 aliphatic carbocycles. The maximum Gasteiger partial charge on any atom is 0.393 e. The predicted molar refractivity (Wildman–Crippen MR) is 61.3 cm³/mol. The summed E-state index contributed by atoms with van der Waals surface area (Å²) in [5.74, 6) is 0.358. The SMILES string of the molecule is CC(C)c1c[nH]c2cc(CC(F)(F)F)cc-2c1. The molecule has 2 rings (SSSR count). The highest BCUT2D eigenvalue weighted by Crippen LogP contribution is 2.30. The molecule has 1 nitrogen and oxygen atoms in total. The fraction of sp³-hybridized carbons (Fsp3) is 0.385. The molecule has 0 radical (unpaired) electrons. The Balaban J connectivity index is 2.35. The van der Waals surface area contributed by atoms with Gasteiger partial charge in [-0.3, -0.25) is 0 Å². The van der Waals surface area contributed by atoms with Crippen molar-refractivity contribution in [1.29, 1.82) is 0 Å². The molecule has 0 aromatic rings. The highest BCUT2D eigenvalue weighted by Gasteiger charge is 2.28. The Labute approximate surface area is 98.0 Å². The van der Waals surface area contributed by atoms with Crippen molar-refractivity contribution in [3.05, 3.63) is 35.5 Å². The van der Waals surface area contributed by atoms with Gasteiger partial charge in [0.05, 0.1) is 6.42 Å². The first-order chi connectivity index (χ1) is 7.85. The van der Waals surface area contributed by atoms with Crippen LogP contribution in [0, 0.1) is 0 Å². The standard InChI is InChI=1S/C13H14F3N/c1-8(2)11-5-10-3-9(6-13(14,15)16)4-12(10)17-7-11/h3-5,7-8,17H,6H2,1-2H3. The molecule has 17 heavy (non-hydrogen) atoms. The summed E-state index contributed by atoms with van der Waals surface area (Å²) in [6.45, 7) is 4.10. The van der Waals surface area contributed by atoms with E-state index in [4.69, 9.17) is 0 Å². The first-order valence-electron chi connectivity index (χ1n) is 5.53. The van der Waals surface area contributed by atoms with E-state index in [0.717, 1.165) is 16.8 Å². The number of alkyl halides is 3. The lowest BCUT2D eigenvalue weighted by Gasteiger charge is -2.07. The lowest BCUT2D eigenvalue weighted by molar-refractivity contribution is -0.127. The minimum absolute atomic E-state index is 0.310. The summed E-state index contributed by atoms with van der Waals surface area (Å²) >= 11 is 0. The van der Waals surface area contributed by atoms with Crippen LogP contribution in [0.4, 0.5) is 13.2 Å². The lowest BCUT2D eigenvalue weighted by atomic mass is 10.0. The number of pyridine rings is 1. The molecule has 0 spiro atoms. The molecule has 0 saturated carbocycles. The van der Waals surface area contributed by atoms with Crippen LogP contribution in [0.1, 0.15) is 30.9 Å². The van der Waals surface area contributed by atoms with E-state index in [-0.39, 0.29) is 0 Å². The lowest BCUT2D eigenvalue weighted by Crippen LogP contribution is -2.10. The number of aromatic nitrogens is 1. The van der Waals surface area contributed by atoms with Crippen molar-refractivity contribution in [2.24, 2.45) is 0 Å². The van der Waals surface area contributed by atoms with Crippen LogP contribution in [0.25, 0.3) is 11.3 Å². The fourth-order valence-electron chi connectivity index (χ4n) is 1.88. The van der Waals surface area contributed by atoms with Crippen LogP contribution >= 0.6 is 0 Å². The molecule has 0 aromatic heterocycles. The average Bonchev–Trinajstić information content (AvgIpc) is 2.54. The number of fused-ring (bicyclic) bond motifs is 1. The maximum atomic E-state index is 12.3. The van der Waals surface area contributed by atoms with Crippen molar-refractivity contribution in [3.8, 4) is 11.3 Å². The van der Waals surface area contributed by atoms with Crippen molar-refractivity contribution in [3.63, 3.8) is 0 Å². The second-order valence-electron chi connectivity index (χ2n) is 4.61. The Bertz CT molecular complexity index is 482. The minimum atomic E-state index is -4.15. The van der Waals surface area contributed by atoms with Gasteiger partial charge in [0.15, 0.2) is 0 Å². The van der Waals surface area contributed by atoms with E-state index in [1.807, 2.05) is 12.3 Å². The van der Waals surface area contributed by atoms with Gasteiger partial charge in [0.1, 0.15) is 0 Å². The fourth-order valence-corrected chi connectivity index (χ4v) is 1.88. The van der Waals surface area contributed by atoms with Crippen LogP contribution in [0.2, 0.25) is 0 Å². The van der Waals surface area contributed by atoms with E-state index in [0.29, 0.717) is 11.5 Å². The van der Waals surface area contributed by atoms with Crippen molar-refractivity contribution in [2.75, 3.05) is 0 Å². The van der Waals surface area contributed by atoms with Gasteiger partial charge in [-0.05, 0) is 40.8 Å². The maximum absolute atomic E-state index is 12.3. The summed E-state index contributed by atoms with van der Waals surface area (Å²) in [7, 11) is 0. The van der Waals surface area contributed by atoms with Gasteiger partial charge in [0.2, 0.25) is 0 Å². The van der Waals surface area contributed by atoms with Crippen molar-refractivity contribution >= 4 is 0 Å². The molecule has 0 amide bonds. The normalized spacial score (nSPS) is 12.6. The molecule has 0 saturated heterocycles. The van der Waals surface area contributed by atoms with Crippen LogP contribution < -0.4 is 0 Å². The third-order valence-corrected chi connectivity index (χ3v) is 2.77. The zero-order valence-electron chi connectivity index (χ0n) is 9.73. The Morgan fingerprint density at radius 1 is 1.18 bits per heavy atom. The van der Waals surface area contributed by atoms with Crippen molar-refractivity contribution in [2.45, 2.75) is 32.4 Å². The molecule has 1 heterocycles.